The van der Waals surface area contributed by atoms with Crippen LogP contribution in [0.3, 0.4) is 0 Å². The zero-order valence-corrected chi connectivity index (χ0v) is 13.5. The molecule has 0 aliphatic rings. The van der Waals surface area contributed by atoms with Crippen molar-refractivity contribution in [2.75, 3.05) is 0 Å². The average Bonchev–Trinajstić information content (AvgIpc) is 2.57. The summed E-state index contributed by atoms with van der Waals surface area (Å²) >= 11 is 0. The average molecular weight is 308 g/mol. The van der Waals surface area contributed by atoms with E-state index in [9.17, 15) is 9.59 Å². The van der Waals surface area contributed by atoms with Crippen LogP contribution in [-0.4, -0.2) is 9.13 Å². The lowest BCUT2D eigenvalue weighted by molar-refractivity contribution is 0.581. The van der Waals surface area contributed by atoms with Crippen LogP contribution in [0.15, 0.2) is 58.1 Å². The zero-order chi connectivity index (χ0) is 16.4. The van der Waals surface area contributed by atoms with Gasteiger partial charge in [0.2, 0.25) is 0 Å². The number of benzene rings is 2. The number of aromatic nitrogens is 2. The van der Waals surface area contributed by atoms with Crippen molar-refractivity contribution in [1.82, 2.24) is 9.13 Å². The van der Waals surface area contributed by atoms with Crippen molar-refractivity contribution in [3.05, 3.63) is 80.5 Å². The molecule has 1 heterocycles. The monoisotopic (exact) mass is 308 g/mol. The standard InChI is InChI=1S/C19H20N2O2/c1-3-12-20-18(22)16-6-4-5-7-17(16)21(19(20)23)13-15-10-8-14(2)9-11-15/h4-11H,3,12-13H2,1-2H3. The fraction of sp³-hybridized carbons (Fsp3) is 0.263. The third-order valence-corrected chi connectivity index (χ3v) is 4.04. The summed E-state index contributed by atoms with van der Waals surface area (Å²) < 4.78 is 3.04. The van der Waals surface area contributed by atoms with Gasteiger partial charge in [-0.15, -0.1) is 0 Å². The Kier molecular flexibility index (Phi) is 4.15. The Balaban J connectivity index is 2.24. The van der Waals surface area contributed by atoms with Crippen molar-refractivity contribution in [2.24, 2.45) is 0 Å². The smallest absolute Gasteiger partial charge is 0.289 e. The van der Waals surface area contributed by atoms with Gasteiger partial charge in [-0.2, -0.15) is 0 Å². The Bertz CT molecular complexity index is 950. The molecule has 0 fully saturated rings. The van der Waals surface area contributed by atoms with E-state index in [4.69, 9.17) is 0 Å². The minimum absolute atomic E-state index is 0.201. The molecular weight excluding hydrogens is 288 g/mol. The first-order valence-electron chi connectivity index (χ1n) is 7.89. The van der Waals surface area contributed by atoms with E-state index in [-0.39, 0.29) is 11.2 Å². The predicted octanol–water partition coefficient (Wildman–Crippen LogP) is 2.93. The van der Waals surface area contributed by atoms with E-state index in [1.54, 1.807) is 10.6 Å². The van der Waals surface area contributed by atoms with Gasteiger partial charge in [-0.3, -0.25) is 13.9 Å². The second-order valence-corrected chi connectivity index (χ2v) is 5.83. The van der Waals surface area contributed by atoms with Gasteiger partial charge in [0.25, 0.3) is 5.56 Å². The minimum Gasteiger partial charge on any atom is -0.289 e. The molecule has 0 unspecified atom stereocenters. The maximum Gasteiger partial charge on any atom is 0.331 e. The molecule has 0 saturated carbocycles. The lowest BCUT2D eigenvalue weighted by Crippen LogP contribution is -2.40. The van der Waals surface area contributed by atoms with Crippen LogP contribution < -0.4 is 11.2 Å². The molecule has 0 aliphatic heterocycles. The molecule has 0 atom stereocenters. The number of fused-ring (bicyclic) bond motifs is 1. The van der Waals surface area contributed by atoms with Crippen molar-refractivity contribution in [2.45, 2.75) is 33.4 Å². The zero-order valence-electron chi connectivity index (χ0n) is 13.5. The summed E-state index contributed by atoms with van der Waals surface area (Å²) in [6.07, 6.45) is 0.748. The molecule has 1 aromatic heterocycles. The number of para-hydroxylation sites is 1. The summed E-state index contributed by atoms with van der Waals surface area (Å²) in [7, 11) is 0. The third kappa shape index (κ3) is 2.84. The molecule has 0 spiro atoms. The molecular formula is C19H20N2O2. The Morgan fingerprint density at radius 3 is 2.30 bits per heavy atom. The number of nitrogens with zero attached hydrogens (tertiary/aromatic N) is 2. The minimum atomic E-state index is -0.240. The van der Waals surface area contributed by atoms with E-state index >= 15 is 0 Å². The molecule has 23 heavy (non-hydrogen) atoms. The largest absolute Gasteiger partial charge is 0.331 e. The molecule has 118 valence electrons. The van der Waals surface area contributed by atoms with Crippen LogP contribution in [0, 0.1) is 6.92 Å². The summed E-state index contributed by atoms with van der Waals surface area (Å²) in [6.45, 7) is 4.90. The maximum absolute atomic E-state index is 12.8. The second-order valence-electron chi connectivity index (χ2n) is 5.83. The normalized spacial score (nSPS) is 11.0. The first-order valence-corrected chi connectivity index (χ1v) is 7.89. The van der Waals surface area contributed by atoms with E-state index in [1.165, 1.54) is 10.1 Å². The van der Waals surface area contributed by atoms with E-state index in [2.05, 4.69) is 0 Å². The molecule has 3 rings (SSSR count). The van der Waals surface area contributed by atoms with Crippen molar-refractivity contribution < 1.29 is 0 Å². The van der Waals surface area contributed by atoms with E-state index in [0.717, 1.165) is 12.0 Å². The van der Waals surface area contributed by atoms with Gasteiger partial charge in [0.05, 0.1) is 17.4 Å². The highest BCUT2D eigenvalue weighted by Crippen LogP contribution is 2.11. The topological polar surface area (TPSA) is 44.0 Å². The molecule has 0 amide bonds. The Morgan fingerprint density at radius 2 is 1.61 bits per heavy atom. The lowest BCUT2D eigenvalue weighted by Gasteiger charge is -2.14. The summed E-state index contributed by atoms with van der Waals surface area (Å²) in [5.74, 6) is 0. The SMILES string of the molecule is CCCn1c(=O)c2ccccc2n(Cc2ccc(C)cc2)c1=O. The molecule has 0 bridgehead atoms. The summed E-state index contributed by atoms with van der Waals surface area (Å²) in [5, 5.41) is 0.590. The number of hydrogen-bond acceptors (Lipinski definition) is 2. The van der Waals surface area contributed by atoms with Crippen LogP contribution in [0.5, 0.6) is 0 Å². The van der Waals surface area contributed by atoms with Crippen molar-refractivity contribution in [1.29, 1.82) is 0 Å². The summed E-state index contributed by atoms with van der Waals surface area (Å²) in [6, 6.07) is 15.4. The van der Waals surface area contributed by atoms with Crippen LogP contribution in [0.25, 0.3) is 10.9 Å². The van der Waals surface area contributed by atoms with Gasteiger partial charge in [0, 0.05) is 6.54 Å². The third-order valence-electron chi connectivity index (χ3n) is 4.04. The van der Waals surface area contributed by atoms with Gasteiger partial charge in [0.1, 0.15) is 0 Å². The fourth-order valence-corrected chi connectivity index (χ4v) is 2.82. The maximum atomic E-state index is 12.8. The van der Waals surface area contributed by atoms with Gasteiger partial charge in [-0.05, 0) is 31.0 Å². The predicted molar refractivity (Wildman–Crippen MR) is 93.0 cm³/mol. The number of rotatable bonds is 4. The van der Waals surface area contributed by atoms with E-state index in [0.29, 0.717) is 24.0 Å². The Labute approximate surface area is 134 Å². The van der Waals surface area contributed by atoms with Gasteiger partial charge in [-0.1, -0.05) is 48.9 Å². The molecule has 3 aromatic rings. The highest BCUT2D eigenvalue weighted by Gasteiger charge is 2.12. The van der Waals surface area contributed by atoms with Crippen molar-refractivity contribution >= 4 is 10.9 Å². The first kappa shape index (κ1) is 15.3. The molecule has 4 nitrogen and oxygen atoms in total. The van der Waals surface area contributed by atoms with Crippen LogP contribution >= 0.6 is 0 Å². The Hall–Kier alpha value is -2.62. The first-order chi connectivity index (χ1) is 11.1. The lowest BCUT2D eigenvalue weighted by atomic mass is 10.1. The van der Waals surface area contributed by atoms with Crippen LogP contribution in [0.4, 0.5) is 0 Å². The summed E-state index contributed by atoms with van der Waals surface area (Å²) in [5.41, 5.74) is 2.48. The van der Waals surface area contributed by atoms with E-state index in [1.807, 2.05) is 56.3 Å². The molecule has 0 N–H and O–H groups in total. The highest BCUT2D eigenvalue weighted by atomic mass is 16.2. The van der Waals surface area contributed by atoms with Gasteiger partial charge < -0.3 is 0 Å². The van der Waals surface area contributed by atoms with Crippen molar-refractivity contribution in [3.63, 3.8) is 0 Å². The van der Waals surface area contributed by atoms with Crippen molar-refractivity contribution in [3.8, 4) is 0 Å². The van der Waals surface area contributed by atoms with E-state index < -0.39 is 0 Å². The van der Waals surface area contributed by atoms with Gasteiger partial charge in [0.15, 0.2) is 0 Å². The molecule has 4 heteroatoms. The quantitative estimate of drug-likeness (QED) is 0.744. The van der Waals surface area contributed by atoms with Gasteiger partial charge in [-0.25, -0.2) is 4.79 Å². The fourth-order valence-electron chi connectivity index (χ4n) is 2.82. The van der Waals surface area contributed by atoms with Crippen LogP contribution in [0.2, 0.25) is 0 Å². The Morgan fingerprint density at radius 1 is 0.913 bits per heavy atom. The molecule has 0 radical (unpaired) electrons. The molecule has 2 aromatic carbocycles. The van der Waals surface area contributed by atoms with Crippen LogP contribution in [0.1, 0.15) is 24.5 Å². The van der Waals surface area contributed by atoms with Crippen LogP contribution in [-0.2, 0) is 13.1 Å². The highest BCUT2D eigenvalue weighted by molar-refractivity contribution is 5.77. The number of hydrogen-bond donors (Lipinski definition) is 0. The number of aryl methyl sites for hydroxylation is 1. The second kappa shape index (κ2) is 6.24. The molecule has 0 saturated heterocycles. The molecule has 0 aliphatic carbocycles. The summed E-state index contributed by atoms with van der Waals surface area (Å²) in [4.78, 5) is 25.3. The van der Waals surface area contributed by atoms with Gasteiger partial charge >= 0.3 is 5.69 Å².